The number of nitrogens with one attached hydrogen (secondary N) is 1. The number of hydrogen-bond donors (Lipinski definition) is 2. The first kappa shape index (κ1) is 13.0. The van der Waals surface area contributed by atoms with Gasteiger partial charge in [0.2, 0.25) is 0 Å². The number of nitrogens with two attached hydrogens (primary N) is 1. The summed E-state index contributed by atoms with van der Waals surface area (Å²) < 4.78 is 24.3. The van der Waals surface area contributed by atoms with Crippen molar-refractivity contribution in [3.8, 4) is 0 Å². The van der Waals surface area contributed by atoms with Crippen molar-refractivity contribution in [2.24, 2.45) is 0 Å². The molecule has 0 aliphatic heterocycles. The lowest BCUT2D eigenvalue weighted by molar-refractivity contribution is 0.625. The number of nitrogen functional groups attached to an aromatic ring is 1. The predicted molar refractivity (Wildman–Crippen MR) is 67.4 cm³/mol. The lowest BCUT2D eigenvalue weighted by Gasteiger charge is -2.15. The van der Waals surface area contributed by atoms with E-state index in [1.165, 1.54) is 6.07 Å². The van der Waals surface area contributed by atoms with Crippen LogP contribution in [0.15, 0.2) is 18.2 Å². The molecule has 0 heterocycles. The second-order valence-electron chi connectivity index (χ2n) is 3.85. The molecule has 3 nitrogen and oxygen atoms in total. The summed E-state index contributed by atoms with van der Waals surface area (Å²) in [6, 6.07) is 4.63. The predicted octanol–water partition coefficient (Wildman–Crippen LogP) is 1.98. The van der Waals surface area contributed by atoms with Gasteiger partial charge in [-0.2, -0.15) is 0 Å². The normalized spacial score (nSPS) is 14.4. The van der Waals surface area contributed by atoms with Crippen LogP contribution in [0.2, 0.25) is 0 Å². The molecule has 0 saturated heterocycles. The zero-order valence-corrected chi connectivity index (χ0v) is 10.3. The molecule has 0 saturated carbocycles. The SMILES string of the molecule is CC(CCS(C)=O)Nc1ccc(N)cc1F. The number of benzene rings is 1. The molecule has 16 heavy (non-hydrogen) atoms. The van der Waals surface area contributed by atoms with Gasteiger partial charge in [0.1, 0.15) is 5.82 Å². The molecule has 0 fully saturated rings. The van der Waals surface area contributed by atoms with Crippen LogP contribution in [-0.2, 0) is 10.8 Å². The Morgan fingerprint density at radius 3 is 2.81 bits per heavy atom. The fraction of sp³-hybridized carbons (Fsp3) is 0.455. The van der Waals surface area contributed by atoms with Gasteiger partial charge < -0.3 is 11.1 Å². The molecule has 0 amide bonds. The standard InChI is InChI=1S/C11H17FN2OS/c1-8(5-6-16(2)15)14-11-4-3-9(13)7-10(11)12/h3-4,7-8,14H,5-6,13H2,1-2H3. The van der Waals surface area contributed by atoms with Crippen LogP contribution < -0.4 is 11.1 Å². The van der Waals surface area contributed by atoms with Crippen molar-refractivity contribution < 1.29 is 8.60 Å². The molecule has 2 unspecified atom stereocenters. The summed E-state index contributed by atoms with van der Waals surface area (Å²) in [5, 5.41) is 3.03. The largest absolute Gasteiger partial charge is 0.399 e. The highest BCUT2D eigenvalue weighted by Gasteiger charge is 2.07. The van der Waals surface area contributed by atoms with E-state index in [0.29, 0.717) is 17.1 Å². The molecule has 90 valence electrons. The zero-order valence-electron chi connectivity index (χ0n) is 9.50. The van der Waals surface area contributed by atoms with Crippen molar-refractivity contribution in [3.05, 3.63) is 24.0 Å². The molecule has 5 heteroatoms. The third kappa shape index (κ3) is 4.18. The minimum absolute atomic E-state index is 0.0852. The van der Waals surface area contributed by atoms with E-state index in [1.807, 2.05) is 6.92 Å². The van der Waals surface area contributed by atoms with Crippen LogP contribution in [0, 0.1) is 5.82 Å². The number of halogens is 1. The van der Waals surface area contributed by atoms with Crippen molar-refractivity contribution in [2.45, 2.75) is 19.4 Å². The molecule has 3 N–H and O–H groups in total. The smallest absolute Gasteiger partial charge is 0.148 e. The van der Waals surface area contributed by atoms with Gasteiger partial charge in [-0.05, 0) is 31.5 Å². The Kier molecular flexibility index (Phi) is 4.73. The summed E-state index contributed by atoms with van der Waals surface area (Å²) in [5.41, 5.74) is 6.29. The summed E-state index contributed by atoms with van der Waals surface area (Å²) in [7, 11) is -0.807. The first-order valence-electron chi connectivity index (χ1n) is 5.10. The second-order valence-corrected chi connectivity index (χ2v) is 5.41. The van der Waals surface area contributed by atoms with Crippen molar-refractivity contribution in [2.75, 3.05) is 23.1 Å². The van der Waals surface area contributed by atoms with Gasteiger partial charge in [0.15, 0.2) is 0 Å². The number of hydrogen-bond acceptors (Lipinski definition) is 3. The molecule has 0 spiro atoms. The Hall–Kier alpha value is -1.10. The van der Waals surface area contributed by atoms with Gasteiger partial charge in [0.05, 0.1) is 5.69 Å². The first-order chi connectivity index (χ1) is 7.49. The number of rotatable bonds is 5. The van der Waals surface area contributed by atoms with E-state index < -0.39 is 10.8 Å². The van der Waals surface area contributed by atoms with Crippen molar-refractivity contribution in [1.82, 2.24) is 0 Å². The van der Waals surface area contributed by atoms with Crippen LogP contribution in [0.4, 0.5) is 15.8 Å². The molecule has 1 aromatic rings. The Morgan fingerprint density at radius 1 is 1.56 bits per heavy atom. The Labute approximate surface area is 97.7 Å². The summed E-state index contributed by atoms with van der Waals surface area (Å²) in [5.74, 6) is 0.259. The topological polar surface area (TPSA) is 55.1 Å². The zero-order chi connectivity index (χ0) is 12.1. The fourth-order valence-electron chi connectivity index (χ4n) is 1.33. The van der Waals surface area contributed by atoms with Crippen LogP contribution in [0.5, 0.6) is 0 Å². The third-order valence-corrected chi connectivity index (χ3v) is 3.04. The maximum atomic E-state index is 13.4. The van der Waals surface area contributed by atoms with Crippen LogP contribution in [0.3, 0.4) is 0 Å². The molecule has 0 aliphatic rings. The lowest BCUT2D eigenvalue weighted by atomic mass is 10.2. The van der Waals surface area contributed by atoms with Gasteiger partial charge in [0.25, 0.3) is 0 Å². The summed E-state index contributed by atoms with van der Waals surface area (Å²) in [6.45, 7) is 1.93. The molecule has 0 aromatic heterocycles. The van der Waals surface area contributed by atoms with Crippen LogP contribution in [-0.4, -0.2) is 22.3 Å². The fourth-order valence-corrected chi connectivity index (χ4v) is 2.01. The van der Waals surface area contributed by atoms with Gasteiger partial charge >= 0.3 is 0 Å². The highest BCUT2D eigenvalue weighted by molar-refractivity contribution is 7.84. The highest BCUT2D eigenvalue weighted by atomic mass is 32.2. The van der Waals surface area contributed by atoms with Crippen molar-refractivity contribution in [3.63, 3.8) is 0 Å². The van der Waals surface area contributed by atoms with E-state index in [9.17, 15) is 8.60 Å². The minimum atomic E-state index is -0.807. The van der Waals surface area contributed by atoms with Gasteiger partial charge in [-0.15, -0.1) is 0 Å². The van der Waals surface area contributed by atoms with Gasteiger partial charge in [-0.1, -0.05) is 0 Å². The molecule has 1 rings (SSSR count). The summed E-state index contributed by atoms with van der Waals surface area (Å²) in [6.07, 6.45) is 2.41. The van der Waals surface area contributed by atoms with Crippen molar-refractivity contribution in [1.29, 1.82) is 0 Å². The molecule has 2 atom stereocenters. The molecule has 0 bridgehead atoms. The summed E-state index contributed by atoms with van der Waals surface area (Å²) in [4.78, 5) is 0. The van der Waals surface area contributed by atoms with E-state index in [0.717, 1.165) is 6.42 Å². The van der Waals surface area contributed by atoms with E-state index in [2.05, 4.69) is 5.32 Å². The Morgan fingerprint density at radius 2 is 2.25 bits per heavy atom. The van der Waals surface area contributed by atoms with E-state index in [-0.39, 0.29) is 11.9 Å². The monoisotopic (exact) mass is 244 g/mol. The minimum Gasteiger partial charge on any atom is -0.399 e. The lowest BCUT2D eigenvalue weighted by Crippen LogP contribution is -2.18. The number of anilines is 2. The first-order valence-corrected chi connectivity index (χ1v) is 6.83. The van der Waals surface area contributed by atoms with Gasteiger partial charge in [-0.3, -0.25) is 4.21 Å². The maximum absolute atomic E-state index is 13.4. The van der Waals surface area contributed by atoms with Crippen LogP contribution in [0.1, 0.15) is 13.3 Å². The highest BCUT2D eigenvalue weighted by Crippen LogP contribution is 2.18. The van der Waals surface area contributed by atoms with Gasteiger partial charge in [0, 0.05) is 34.5 Å². The Balaban J connectivity index is 2.55. The third-order valence-electron chi connectivity index (χ3n) is 2.23. The average Bonchev–Trinajstić information content (AvgIpc) is 2.19. The van der Waals surface area contributed by atoms with E-state index in [4.69, 9.17) is 5.73 Å². The second kappa shape index (κ2) is 5.84. The Bertz CT molecular complexity index is 384. The quantitative estimate of drug-likeness (QED) is 0.779. The van der Waals surface area contributed by atoms with Crippen molar-refractivity contribution >= 4 is 22.2 Å². The molecular weight excluding hydrogens is 227 g/mol. The van der Waals surface area contributed by atoms with Gasteiger partial charge in [-0.25, -0.2) is 4.39 Å². The molecule has 0 aliphatic carbocycles. The molecule has 0 radical (unpaired) electrons. The van der Waals surface area contributed by atoms with E-state index in [1.54, 1.807) is 18.4 Å². The molecule has 1 aromatic carbocycles. The van der Waals surface area contributed by atoms with E-state index >= 15 is 0 Å². The maximum Gasteiger partial charge on any atom is 0.148 e. The van der Waals surface area contributed by atoms with Crippen LogP contribution in [0.25, 0.3) is 0 Å². The van der Waals surface area contributed by atoms with Crippen LogP contribution >= 0.6 is 0 Å². The average molecular weight is 244 g/mol. The molecular formula is C11H17FN2OS. The summed E-state index contributed by atoms with van der Waals surface area (Å²) >= 11 is 0.